The quantitative estimate of drug-likeness (QED) is 0.663. The Bertz CT molecular complexity index is 435. The predicted octanol–water partition coefficient (Wildman–Crippen LogP) is 2.16. The minimum absolute atomic E-state index is 0.447. The van der Waals surface area contributed by atoms with E-state index in [-0.39, 0.29) is 0 Å². The molecule has 1 aromatic heterocycles. The van der Waals surface area contributed by atoms with Crippen molar-refractivity contribution in [2.24, 2.45) is 0 Å². The molecule has 0 aliphatic heterocycles. The van der Waals surface area contributed by atoms with Gasteiger partial charge < -0.3 is 10.5 Å². The number of methoxy groups -OCH3 is 1. The molecule has 0 atom stereocenters. The van der Waals surface area contributed by atoms with Gasteiger partial charge in [-0.15, -0.1) is 0 Å². The average molecular weight is 173 g/mol. The summed E-state index contributed by atoms with van der Waals surface area (Å²) in [6.07, 6.45) is 1.68. The summed E-state index contributed by atoms with van der Waals surface area (Å²) in [7, 11) is 1.60. The average Bonchev–Trinajstić information content (AvgIpc) is 2.17. The van der Waals surface area contributed by atoms with E-state index in [2.05, 4.69) is 4.98 Å². The lowest BCUT2D eigenvalue weighted by Crippen LogP contribution is -1.87. The summed E-state index contributed by atoms with van der Waals surface area (Å²) in [6.45, 7) is 0. The number of nitrogens with zero attached hydrogens (tertiary/aromatic N) is 1. The molecule has 3 heteroatoms. The van der Waals surface area contributed by atoms with E-state index in [0.29, 0.717) is 11.4 Å². The molecule has 1 heterocycles. The molecule has 0 aliphatic rings. The van der Waals surface area contributed by atoms with Crippen molar-refractivity contribution in [1.82, 2.24) is 10.7 Å². The molecule has 0 unspecified atom stereocenters. The SMILES string of the molecule is COc1ccnc2cccc([NH])c12. The first-order valence-corrected chi connectivity index (χ1v) is 3.96. The van der Waals surface area contributed by atoms with E-state index in [1.54, 1.807) is 25.4 Å². The van der Waals surface area contributed by atoms with Gasteiger partial charge in [0.1, 0.15) is 5.75 Å². The molecule has 1 aromatic carbocycles. The van der Waals surface area contributed by atoms with Crippen LogP contribution < -0.4 is 10.5 Å². The second-order valence-electron chi connectivity index (χ2n) is 2.71. The third kappa shape index (κ3) is 1.18. The number of hydrogen-bond donors (Lipinski definition) is 0. The smallest absolute Gasteiger partial charge is 0.131 e. The lowest BCUT2D eigenvalue weighted by atomic mass is 10.2. The van der Waals surface area contributed by atoms with Crippen LogP contribution in [0.1, 0.15) is 0 Å². The van der Waals surface area contributed by atoms with Crippen molar-refractivity contribution < 1.29 is 4.74 Å². The van der Waals surface area contributed by atoms with Crippen LogP contribution in [0.4, 0.5) is 5.69 Å². The Kier molecular flexibility index (Phi) is 1.77. The highest BCUT2D eigenvalue weighted by atomic mass is 16.5. The Morgan fingerprint density at radius 1 is 1.31 bits per heavy atom. The van der Waals surface area contributed by atoms with Crippen LogP contribution in [0.25, 0.3) is 10.9 Å². The number of rotatable bonds is 1. The Morgan fingerprint density at radius 2 is 2.15 bits per heavy atom. The highest BCUT2D eigenvalue weighted by Gasteiger charge is 2.04. The zero-order chi connectivity index (χ0) is 9.26. The molecule has 0 spiro atoms. The molecule has 2 rings (SSSR count). The maximum Gasteiger partial charge on any atom is 0.131 e. The van der Waals surface area contributed by atoms with Gasteiger partial charge in [-0.25, -0.2) is 0 Å². The van der Waals surface area contributed by atoms with Gasteiger partial charge in [-0.1, -0.05) is 6.07 Å². The lowest BCUT2D eigenvalue weighted by molar-refractivity contribution is 0.419. The molecule has 0 aliphatic carbocycles. The Balaban J connectivity index is 2.87. The van der Waals surface area contributed by atoms with E-state index in [1.165, 1.54) is 0 Å². The zero-order valence-corrected chi connectivity index (χ0v) is 7.24. The topological polar surface area (TPSA) is 45.9 Å². The molecule has 0 bridgehead atoms. The summed E-state index contributed by atoms with van der Waals surface area (Å²) in [4.78, 5) is 4.15. The second-order valence-corrected chi connectivity index (χ2v) is 2.71. The van der Waals surface area contributed by atoms with E-state index in [0.717, 1.165) is 10.9 Å². The summed E-state index contributed by atoms with van der Waals surface area (Å²) in [5.74, 6) is 0.704. The predicted molar refractivity (Wildman–Crippen MR) is 51.1 cm³/mol. The Morgan fingerprint density at radius 3 is 2.92 bits per heavy atom. The van der Waals surface area contributed by atoms with E-state index < -0.39 is 0 Å². The maximum atomic E-state index is 7.69. The number of aromatic nitrogens is 1. The highest BCUT2D eigenvalue weighted by molar-refractivity contribution is 5.94. The van der Waals surface area contributed by atoms with Crippen molar-refractivity contribution in [3.63, 3.8) is 0 Å². The summed E-state index contributed by atoms with van der Waals surface area (Å²) in [5.41, 5.74) is 8.93. The van der Waals surface area contributed by atoms with Gasteiger partial charge in [-0.3, -0.25) is 4.98 Å². The summed E-state index contributed by atoms with van der Waals surface area (Å²) < 4.78 is 5.15. The molecule has 3 nitrogen and oxygen atoms in total. The molecule has 0 saturated heterocycles. The summed E-state index contributed by atoms with van der Waals surface area (Å²) in [5, 5.41) is 0.771. The van der Waals surface area contributed by atoms with Crippen molar-refractivity contribution in [2.45, 2.75) is 0 Å². The van der Waals surface area contributed by atoms with Crippen molar-refractivity contribution in [2.75, 3.05) is 7.11 Å². The lowest BCUT2D eigenvalue weighted by Gasteiger charge is -2.05. The highest BCUT2D eigenvalue weighted by Crippen LogP contribution is 2.29. The third-order valence-corrected chi connectivity index (χ3v) is 1.95. The number of benzene rings is 1. The Hall–Kier alpha value is -1.77. The van der Waals surface area contributed by atoms with Crippen LogP contribution in [0.3, 0.4) is 0 Å². The fourth-order valence-electron chi connectivity index (χ4n) is 1.35. The first-order valence-electron chi connectivity index (χ1n) is 3.96. The number of ether oxygens (including phenoxy) is 1. The molecule has 13 heavy (non-hydrogen) atoms. The molecule has 0 amide bonds. The van der Waals surface area contributed by atoms with Gasteiger partial charge in [-0.05, 0) is 18.2 Å². The van der Waals surface area contributed by atoms with Crippen molar-refractivity contribution in [3.05, 3.63) is 30.5 Å². The number of hydrogen-bond acceptors (Lipinski definition) is 2. The molecule has 1 radical (unpaired) electrons. The molecule has 1 N–H and O–H groups in total. The minimum Gasteiger partial charge on any atom is -0.496 e. The van der Waals surface area contributed by atoms with Crippen LogP contribution in [0, 0.1) is 0 Å². The molecule has 0 fully saturated rings. The van der Waals surface area contributed by atoms with Gasteiger partial charge in [0.25, 0.3) is 0 Å². The fourth-order valence-corrected chi connectivity index (χ4v) is 1.35. The maximum absolute atomic E-state index is 7.69. The first kappa shape index (κ1) is 7.86. The first-order chi connectivity index (χ1) is 6.33. The molecular formula is C10H9N2O. The van der Waals surface area contributed by atoms with E-state index >= 15 is 0 Å². The van der Waals surface area contributed by atoms with E-state index in [9.17, 15) is 0 Å². The van der Waals surface area contributed by atoms with E-state index in [4.69, 9.17) is 10.5 Å². The van der Waals surface area contributed by atoms with Crippen LogP contribution in [-0.4, -0.2) is 12.1 Å². The summed E-state index contributed by atoms with van der Waals surface area (Å²) in [6, 6.07) is 7.18. The van der Waals surface area contributed by atoms with Crippen LogP contribution >= 0.6 is 0 Å². The minimum atomic E-state index is 0.447. The largest absolute Gasteiger partial charge is 0.496 e. The van der Waals surface area contributed by atoms with Gasteiger partial charge in [0.05, 0.1) is 23.7 Å². The number of nitrogens with one attached hydrogen (secondary N) is 1. The number of fused-ring (bicyclic) bond motifs is 1. The third-order valence-electron chi connectivity index (χ3n) is 1.95. The van der Waals surface area contributed by atoms with Gasteiger partial charge in [0.2, 0.25) is 0 Å². The monoisotopic (exact) mass is 173 g/mol. The standard InChI is InChI=1S/C10H9N2O/c1-13-9-5-6-12-8-4-2-3-7(11)10(8)9/h2-6,11H,1H3. The Labute approximate surface area is 76.2 Å². The molecule has 65 valence electrons. The molecule has 0 saturated carbocycles. The van der Waals surface area contributed by atoms with Crippen molar-refractivity contribution >= 4 is 16.6 Å². The van der Waals surface area contributed by atoms with Crippen molar-refractivity contribution in [3.8, 4) is 5.75 Å². The number of pyridine rings is 1. The van der Waals surface area contributed by atoms with Gasteiger partial charge >= 0.3 is 0 Å². The molecular weight excluding hydrogens is 164 g/mol. The summed E-state index contributed by atoms with van der Waals surface area (Å²) >= 11 is 0. The zero-order valence-electron chi connectivity index (χ0n) is 7.24. The van der Waals surface area contributed by atoms with Gasteiger partial charge in [0.15, 0.2) is 0 Å². The van der Waals surface area contributed by atoms with Crippen molar-refractivity contribution in [1.29, 1.82) is 0 Å². The normalized spacial score (nSPS) is 10.2. The van der Waals surface area contributed by atoms with Gasteiger partial charge in [-0.2, -0.15) is 0 Å². The van der Waals surface area contributed by atoms with Crippen LogP contribution in [0.2, 0.25) is 0 Å². The second kappa shape index (κ2) is 2.94. The van der Waals surface area contributed by atoms with E-state index in [1.807, 2.05) is 12.1 Å². The van der Waals surface area contributed by atoms with Crippen LogP contribution in [0.15, 0.2) is 30.5 Å². The van der Waals surface area contributed by atoms with Crippen LogP contribution in [-0.2, 0) is 0 Å². The fraction of sp³-hybridized carbons (Fsp3) is 0.100. The molecule has 2 aromatic rings. The van der Waals surface area contributed by atoms with Crippen LogP contribution in [0.5, 0.6) is 5.75 Å². The van der Waals surface area contributed by atoms with Gasteiger partial charge in [0, 0.05) is 6.20 Å².